The van der Waals surface area contributed by atoms with Crippen LogP contribution in [0, 0.1) is 0 Å². The van der Waals surface area contributed by atoms with Gasteiger partial charge in [0, 0.05) is 20.1 Å². The summed E-state index contributed by atoms with van der Waals surface area (Å²) in [5.74, 6) is 2.67. The van der Waals surface area contributed by atoms with E-state index < -0.39 is 0 Å². The summed E-state index contributed by atoms with van der Waals surface area (Å²) in [5.41, 5.74) is 0.814. The SMILES string of the molecule is CCCc1nc(NCc2noc([C@@H]3CCCO3)n2)c2cnn(C)c2n1. The number of rotatable bonds is 6. The average molecular weight is 343 g/mol. The van der Waals surface area contributed by atoms with Crippen LogP contribution in [0.3, 0.4) is 0 Å². The van der Waals surface area contributed by atoms with E-state index in [1.54, 1.807) is 10.9 Å². The quantitative estimate of drug-likeness (QED) is 0.726. The molecule has 1 N–H and O–H groups in total. The van der Waals surface area contributed by atoms with Gasteiger partial charge in [0.1, 0.15) is 17.7 Å². The maximum absolute atomic E-state index is 5.57. The van der Waals surface area contributed by atoms with Crippen LogP contribution in [-0.4, -0.2) is 36.5 Å². The van der Waals surface area contributed by atoms with Gasteiger partial charge in [0.05, 0.1) is 18.1 Å². The molecule has 3 aromatic heterocycles. The third-order valence-corrected chi connectivity index (χ3v) is 4.21. The van der Waals surface area contributed by atoms with Gasteiger partial charge in [0.2, 0.25) is 0 Å². The Kier molecular flexibility index (Phi) is 4.31. The lowest BCUT2D eigenvalue weighted by Gasteiger charge is -2.07. The minimum Gasteiger partial charge on any atom is -0.368 e. The third kappa shape index (κ3) is 3.19. The summed E-state index contributed by atoms with van der Waals surface area (Å²) in [4.78, 5) is 13.6. The maximum Gasteiger partial charge on any atom is 0.255 e. The number of hydrogen-bond acceptors (Lipinski definition) is 8. The summed E-state index contributed by atoms with van der Waals surface area (Å²) in [7, 11) is 1.88. The number of nitrogens with zero attached hydrogens (tertiary/aromatic N) is 6. The first kappa shape index (κ1) is 15.9. The minimum absolute atomic E-state index is 0.0681. The molecule has 4 heterocycles. The third-order valence-electron chi connectivity index (χ3n) is 4.21. The zero-order chi connectivity index (χ0) is 17.2. The van der Waals surface area contributed by atoms with E-state index in [1.807, 2.05) is 7.05 Å². The van der Waals surface area contributed by atoms with Crippen molar-refractivity contribution in [2.24, 2.45) is 7.05 Å². The van der Waals surface area contributed by atoms with Crippen molar-refractivity contribution in [2.75, 3.05) is 11.9 Å². The van der Waals surface area contributed by atoms with Gasteiger partial charge in [-0.25, -0.2) is 9.97 Å². The molecule has 1 saturated heterocycles. The van der Waals surface area contributed by atoms with Crippen LogP contribution in [-0.2, 0) is 24.8 Å². The van der Waals surface area contributed by atoms with E-state index >= 15 is 0 Å². The highest BCUT2D eigenvalue weighted by Gasteiger charge is 2.23. The second-order valence-electron chi connectivity index (χ2n) is 6.15. The van der Waals surface area contributed by atoms with Gasteiger partial charge in [-0.05, 0) is 19.3 Å². The number of aryl methyl sites for hydroxylation is 2. The molecule has 0 aliphatic carbocycles. The molecule has 1 atom stereocenters. The summed E-state index contributed by atoms with van der Waals surface area (Å²) in [6, 6.07) is 0. The minimum atomic E-state index is -0.0681. The van der Waals surface area contributed by atoms with Crippen LogP contribution in [0.25, 0.3) is 11.0 Å². The summed E-state index contributed by atoms with van der Waals surface area (Å²) >= 11 is 0. The second kappa shape index (κ2) is 6.75. The first-order valence-corrected chi connectivity index (χ1v) is 8.61. The van der Waals surface area contributed by atoms with Gasteiger partial charge in [-0.15, -0.1) is 0 Å². The summed E-state index contributed by atoms with van der Waals surface area (Å²) in [6.07, 6.45) is 5.46. The molecule has 4 rings (SSSR count). The van der Waals surface area contributed by atoms with E-state index in [0.717, 1.165) is 55.0 Å². The van der Waals surface area contributed by atoms with Crippen LogP contribution >= 0.6 is 0 Å². The number of fused-ring (bicyclic) bond motifs is 1. The Balaban J connectivity index is 1.54. The molecule has 9 heteroatoms. The van der Waals surface area contributed by atoms with Crippen molar-refractivity contribution in [3.63, 3.8) is 0 Å². The van der Waals surface area contributed by atoms with Crippen molar-refractivity contribution in [3.05, 3.63) is 23.7 Å². The number of nitrogens with one attached hydrogen (secondary N) is 1. The Bertz CT molecular complexity index is 867. The number of hydrogen-bond donors (Lipinski definition) is 1. The fourth-order valence-corrected chi connectivity index (χ4v) is 2.94. The van der Waals surface area contributed by atoms with Crippen LogP contribution in [0.15, 0.2) is 10.7 Å². The molecule has 9 nitrogen and oxygen atoms in total. The van der Waals surface area contributed by atoms with Crippen molar-refractivity contribution in [3.8, 4) is 0 Å². The lowest BCUT2D eigenvalue weighted by atomic mass is 10.2. The van der Waals surface area contributed by atoms with Crippen LogP contribution < -0.4 is 5.32 Å². The molecule has 1 aliphatic rings. The molecule has 1 fully saturated rings. The van der Waals surface area contributed by atoms with Crippen LogP contribution in [0.4, 0.5) is 5.82 Å². The predicted molar refractivity (Wildman–Crippen MR) is 89.9 cm³/mol. The van der Waals surface area contributed by atoms with Crippen molar-refractivity contribution in [1.82, 2.24) is 29.9 Å². The number of ether oxygens (including phenoxy) is 1. The standard InChI is InChI=1S/C16H21N7O2/c1-3-5-12-19-14(10-8-18-23(2)15(10)20-12)17-9-13-21-16(25-22-13)11-6-4-7-24-11/h8,11H,3-7,9H2,1-2H3,(H,17,19,20)/t11-/m0/s1. The lowest BCUT2D eigenvalue weighted by molar-refractivity contribution is 0.0835. The van der Waals surface area contributed by atoms with Gasteiger partial charge in [-0.1, -0.05) is 12.1 Å². The molecule has 0 saturated carbocycles. The highest BCUT2D eigenvalue weighted by molar-refractivity contribution is 5.86. The van der Waals surface area contributed by atoms with E-state index in [4.69, 9.17) is 9.26 Å². The van der Waals surface area contributed by atoms with E-state index in [0.29, 0.717) is 18.3 Å². The predicted octanol–water partition coefficient (Wildman–Crippen LogP) is 2.16. The first-order chi connectivity index (χ1) is 12.2. The van der Waals surface area contributed by atoms with Gasteiger partial charge < -0.3 is 14.6 Å². The molecule has 0 bridgehead atoms. The lowest BCUT2D eigenvalue weighted by Crippen LogP contribution is -2.07. The van der Waals surface area contributed by atoms with Gasteiger partial charge >= 0.3 is 0 Å². The Morgan fingerprint density at radius 3 is 3.00 bits per heavy atom. The number of anilines is 1. The summed E-state index contributed by atoms with van der Waals surface area (Å²) in [6.45, 7) is 3.28. The van der Waals surface area contributed by atoms with Gasteiger partial charge in [0.15, 0.2) is 11.5 Å². The summed E-state index contributed by atoms with van der Waals surface area (Å²) < 4.78 is 12.6. The Labute approximate surface area is 144 Å². The molecular weight excluding hydrogens is 322 g/mol. The first-order valence-electron chi connectivity index (χ1n) is 8.61. The largest absolute Gasteiger partial charge is 0.368 e. The summed E-state index contributed by atoms with van der Waals surface area (Å²) in [5, 5.41) is 12.5. The van der Waals surface area contributed by atoms with E-state index in [-0.39, 0.29) is 6.10 Å². The molecule has 0 radical (unpaired) electrons. The Morgan fingerprint density at radius 1 is 1.28 bits per heavy atom. The van der Waals surface area contributed by atoms with Crippen molar-refractivity contribution in [1.29, 1.82) is 0 Å². The molecule has 0 spiro atoms. The highest BCUT2D eigenvalue weighted by atomic mass is 16.5. The zero-order valence-corrected chi connectivity index (χ0v) is 14.4. The van der Waals surface area contributed by atoms with Crippen molar-refractivity contribution in [2.45, 2.75) is 45.3 Å². The Hall–Kier alpha value is -2.55. The molecular formula is C16H21N7O2. The molecule has 3 aromatic rings. The molecule has 1 aliphatic heterocycles. The van der Waals surface area contributed by atoms with E-state index in [1.165, 1.54) is 0 Å². The van der Waals surface area contributed by atoms with Crippen LogP contribution in [0.1, 0.15) is 49.8 Å². The average Bonchev–Trinajstić information content (AvgIpc) is 3.34. The maximum atomic E-state index is 5.57. The molecule has 0 aromatic carbocycles. The van der Waals surface area contributed by atoms with Crippen LogP contribution in [0.5, 0.6) is 0 Å². The smallest absolute Gasteiger partial charge is 0.255 e. The normalized spacial score (nSPS) is 17.4. The van der Waals surface area contributed by atoms with E-state index in [9.17, 15) is 0 Å². The molecule has 0 unspecified atom stereocenters. The second-order valence-corrected chi connectivity index (χ2v) is 6.15. The van der Waals surface area contributed by atoms with Crippen molar-refractivity contribution < 1.29 is 9.26 Å². The zero-order valence-electron chi connectivity index (χ0n) is 14.4. The monoisotopic (exact) mass is 343 g/mol. The van der Waals surface area contributed by atoms with Gasteiger partial charge in [-0.2, -0.15) is 10.1 Å². The molecule has 25 heavy (non-hydrogen) atoms. The van der Waals surface area contributed by atoms with Crippen molar-refractivity contribution >= 4 is 16.9 Å². The van der Waals surface area contributed by atoms with E-state index in [2.05, 4.69) is 37.4 Å². The topological polar surface area (TPSA) is 104 Å². The van der Waals surface area contributed by atoms with Crippen LogP contribution in [0.2, 0.25) is 0 Å². The van der Waals surface area contributed by atoms with Gasteiger partial charge in [-0.3, -0.25) is 4.68 Å². The highest BCUT2D eigenvalue weighted by Crippen LogP contribution is 2.27. The van der Waals surface area contributed by atoms with Gasteiger partial charge in [0.25, 0.3) is 5.89 Å². The number of aromatic nitrogens is 6. The molecule has 0 amide bonds. The molecule has 132 valence electrons. The fraction of sp³-hybridized carbons (Fsp3) is 0.562. The Morgan fingerprint density at radius 2 is 2.20 bits per heavy atom. The fourth-order valence-electron chi connectivity index (χ4n) is 2.94.